The fraction of sp³-hybridized carbons (Fsp3) is 0.296. The summed E-state index contributed by atoms with van der Waals surface area (Å²) in [5.74, 6) is -0.995. The normalized spacial score (nSPS) is 15.0. The fourth-order valence-corrected chi connectivity index (χ4v) is 4.86. The van der Waals surface area contributed by atoms with Gasteiger partial charge < -0.3 is 30.5 Å². The number of carbonyl (C=O) groups is 2. The minimum atomic E-state index is -4.64. The second-order valence-corrected chi connectivity index (χ2v) is 9.21. The van der Waals surface area contributed by atoms with Gasteiger partial charge in [0.2, 0.25) is 0 Å². The van der Waals surface area contributed by atoms with Crippen LogP contribution in [0.4, 0.5) is 50.8 Å². The molecule has 3 heterocycles. The van der Waals surface area contributed by atoms with Crippen molar-refractivity contribution in [2.45, 2.75) is 12.6 Å². The van der Waals surface area contributed by atoms with E-state index in [4.69, 9.17) is 4.74 Å². The van der Waals surface area contributed by atoms with Gasteiger partial charge in [-0.1, -0.05) is 0 Å². The lowest BCUT2D eigenvalue weighted by Gasteiger charge is -2.31. The van der Waals surface area contributed by atoms with Gasteiger partial charge in [-0.05, 0) is 48.9 Å². The molecule has 5 rings (SSSR count). The first-order valence-electron chi connectivity index (χ1n) is 12.5. The number of hydrogen-bond acceptors (Lipinski definition) is 6. The lowest BCUT2D eigenvalue weighted by molar-refractivity contribution is -0.137. The number of nitrogens with zero attached hydrogens (tertiary/aromatic N) is 3. The Labute approximate surface area is 227 Å². The number of nitrogens with one attached hydrogen (secondary N) is 3. The Morgan fingerprint density at radius 1 is 0.975 bits per heavy atom. The smallest absolute Gasteiger partial charge is 0.378 e. The monoisotopic (exact) mass is 558 g/mol. The standard InChI is InChI=1S/C27H26F4N6O3/c1-32-25(38)21-15-17(6-8-33-21)37-9-7-18-22(37)5-3-20(24(18)28)35-26(39)34-16-2-4-23(19(14-16)27(29,30)31)36-10-12-40-13-11-36/h2-6,8,14-15H,7,9-13H2,1H3,(H,32,38)(H2,34,35,39). The summed E-state index contributed by atoms with van der Waals surface area (Å²) in [6.07, 6.45) is -2.81. The first-order valence-corrected chi connectivity index (χ1v) is 12.5. The van der Waals surface area contributed by atoms with Gasteiger partial charge in [-0.15, -0.1) is 0 Å². The number of aromatic nitrogens is 1. The molecule has 210 valence electrons. The Morgan fingerprint density at radius 3 is 2.45 bits per heavy atom. The van der Waals surface area contributed by atoms with Gasteiger partial charge >= 0.3 is 12.2 Å². The molecule has 2 aliphatic rings. The van der Waals surface area contributed by atoms with Gasteiger partial charge in [0.15, 0.2) is 5.82 Å². The van der Waals surface area contributed by atoms with Crippen LogP contribution in [0.1, 0.15) is 21.6 Å². The summed E-state index contributed by atoms with van der Waals surface area (Å²) in [5, 5.41) is 7.28. The number of anilines is 5. The number of benzene rings is 2. The van der Waals surface area contributed by atoms with Crippen molar-refractivity contribution in [1.82, 2.24) is 10.3 Å². The highest BCUT2D eigenvalue weighted by Crippen LogP contribution is 2.40. The van der Waals surface area contributed by atoms with Gasteiger partial charge in [-0.3, -0.25) is 9.78 Å². The molecule has 2 aromatic carbocycles. The van der Waals surface area contributed by atoms with E-state index in [1.165, 1.54) is 31.4 Å². The van der Waals surface area contributed by atoms with Crippen LogP contribution in [0, 0.1) is 5.82 Å². The molecule has 0 aliphatic carbocycles. The maximum absolute atomic E-state index is 15.4. The molecule has 1 saturated heterocycles. The number of alkyl halides is 3. The molecule has 1 aromatic heterocycles. The largest absolute Gasteiger partial charge is 0.418 e. The number of halogens is 4. The number of carbonyl (C=O) groups excluding carboxylic acids is 2. The van der Waals surface area contributed by atoms with E-state index in [0.717, 1.165) is 6.07 Å². The van der Waals surface area contributed by atoms with Crippen molar-refractivity contribution in [1.29, 1.82) is 0 Å². The van der Waals surface area contributed by atoms with Crippen LogP contribution in [0.25, 0.3) is 0 Å². The molecule has 40 heavy (non-hydrogen) atoms. The van der Waals surface area contributed by atoms with Gasteiger partial charge in [0, 0.05) is 61.2 Å². The van der Waals surface area contributed by atoms with Crippen molar-refractivity contribution in [3.63, 3.8) is 0 Å². The average Bonchev–Trinajstić information content (AvgIpc) is 3.39. The van der Waals surface area contributed by atoms with Crippen LogP contribution in [-0.4, -0.2) is 56.8 Å². The molecule has 13 heteroatoms. The first-order chi connectivity index (χ1) is 19.2. The van der Waals surface area contributed by atoms with Gasteiger partial charge in [0.05, 0.1) is 24.5 Å². The Kier molecular flexibility index (Phi) is 7.48. The number of fused-ring (bicyclic) bond motifs is 1. The number of hydrogen-bond donors (Lipinski definition) is 3. The quantitative estimate of drug-likeness (QED) is 0.390. The Morgan fingerprint density at radius 2 is 1.73 bits per heavy atom. The zero-order valence-corrected chi connectivity index (χ0v) is 21.4. The van der Waals surface area contributed by atoms with Gasteiger partial charge in [-0.25, -0.2) is 9.18 Å². The number of pyridine rings is 1. The summed E-state index contributed by atoms with van der Waals surface area (Å²) < 4.78 is 62.1. The summed E-state index contributed by atoms with van der Waals surface area (Å²) in [6, 6.07) is 8.99. The summed E-state index contributed by atoms with van der Waals surface area (Å²) in [6.45, 7) is 1.73. The minimum absolute atomic E-state index is 0.00706. The van der Waals surface area contributed by atoms with E-state index in [1.54, 1.807) is 23.1 Å². The van der Waals surface area contributed by atoms with Crippen LogP contribution < -0.4 is 25.8 Å². The average molecular weight is 559 g/mol. The number of amides is 3. The van der Waals surface area contributed by atoms with Crippen molar-refractivity contribution in [2.75, 3.05) is 60.3 Å². The second-order valence-electron chi connectivity index (χ2n) is 9.21. The maximum Gasteiger partial charge on any atom is 0.418 e. The van der Waals surface area contributed by atoms with Crippen LogP contribution in [0.2, 0.25) is 0 Å². The third-order valence-electron chi connectivity index (χ3n) is 6.77. The van der Waals surface area contributed by atoms with E-state index in [1.807, 2.05) is 4.90 Å². The third kappa shape index (κ3) is 5.50. The highest BCUT2D eigenvalue weighted by atomic mass is 19.4. The predicted octanol–water partition coefficient (Wildman–Crippen LogP) is 4.77. The molecular formula is C27H26F4N6O3. The second kappa shape index (κ2) is 11.0. The van der Waals surface area contributed by atoms with E-state index in [-0.39, 0.29) is 28.7 Å². The molecule has 0 bridgehead atoms. The lowest BCUT2D eigenvalue weighted by atomic mass is 10.1. The van der Waals surface area contributed by atoms with E-state index < -0.39 is 23.6 Å². The minimum Gasteiger partial charge on any atom is -0.378 e. The maximum atomic E-state index is 15.4. The molecule has 0 radical (unpaired) electrons. The summed E-state index contributed by atoms with van der Waals surface area (Å²) >= 11 is 0. The van der Waals surface area contributed by atoms with Crippen LogP contribution in [0.5, 0.6) is 0 Å². The topological polar surface area (TPSA) is 98.8 Å². The van der Waals surface area contributed by atoms with Gasteiger partial charge in [0.25, 0.3) is 5.91 Å². The van der Waals surface area contributed by atoms with Crippen molar-refractivity contribution in [2.24, 2.45) is 0 Å². The number of urea groups is 1. The van der Waals surface area contributed by atoms with Crippen molar-refractivity contribution >= 4 is 40.4 Å². The van der Waals surface area contributed by atoms with E-state index in [0.29, 0.717) is 56.2 Å². The van der Waals surface area contributed by atoms with E-state index in [9.17, 15) is 22.8 Å². The molecule has 0 unspecified atom stereocenters. The van der Waals surface area contributed by atoms with Crippen LogP contribution in [-0.2, 0) is 17.3 Å². The lowest BCUT2D eigenvalue weighted by Crippen LogP contribution is -2.37. The van der Waals surface area contributed by atoms with Gasteiger partial charge in [0.1, 0.15) is 5.69 Å². The SMILES string of the molecule is CNC(=O)c1cc(N2CCc3c2ccc(NC(=O)Nc2ccc(N4CCOCC4)c(C(F)(F)F)c2)c3F)ccn1. The molecule has 0 saturated carbocycles. The summed E-state index contributed by atoms with van der Waals surface area (Å²) in [4.78, 5) is 32.1. The highest BCUT2D eigenvalue weighted by Gasteiger charge is 2.36. The molecular weight excluding hydrogens is 532 g/mol. The molecule has 1 fully saturated rings. The Hall–Kier alpha value is -4.39. The molecule has 3 aromatic rings. The van der Waals surface area contributed by atoms with Crippen molar-refractivity contribution in [3.05, 3.63) is 71.3 Å². The van der Waals surface area contributed by atoms with Crippen LogP contribution in [0.3, 0.4) is 0 Å². The first kappa shape index (κ1) is 27.2. The van der Waals surface area contributed by atoms with Crippen molar-refractivity contribution in [3.8, 4) is 0 Å². The van der Waals surface area contributed by atoms with Crippen LogP contribution in [0.15, 0.2) is 48.7 Å². The Bertz CT molecular complexity index is 1440. The molecule has 0 spiro atoms. The zero-order chi connectivity index (χ0) is 28.4. The molecule has 3 N–H and O–H groups in total. The highest BCUT2D eigenvalue weighted by molar-refractivity contribution is 6.00. The van der Waals surface area contributed by atoms with E-state index >= 15 is 4.39 Å². The zero-order valence-electron chi connectivity index (χ0n) is 21.4. The van der Waals surface area contributed by atoms with Crippen molar-refractivity contribution < 1.29 is 31.9 Å². The third-order valence-corrected chi connectivity index (χ3v) is 6.77. The molecule has 3 amide bonds. The molecule has 9 nitrogen and oxygen atoms in total. The molecule has 0 atom stereocenters. The summed E-state index contributed by atoms with van der Waals surface area (Å²) in [7, 11) is 1.50. The van der Waals surface area contributed by atoms with E-state index in [2.05, 4.69) is 20.9 Å². The fourth-order valence-electron chi connectivity index (χ4n) is 4.86. The molecule has 2 aliphatic heterocycles. The number of rotatable bonds is 5. The van der Waals surface area contributed by atoms with Gasteiger partial charge in [-0.2, -0.15) is 13.2 Å². The van der Waals surface area contributed by atoms with Crippen LogP contribution >= 0.6 is 0 Å². The predicted molar refractivity (Wildman–Crippen MR) is 142 cm³/mol. The summed E-state index contributed by atoms with van der Waals surface area (Å²) in [5.41, 5.74) is 0.747. The number of ether oxygens (including phenoxy) is 1. The number of morpholine rings is 1. The Balaban J connectivity index is 1.32.